The highest BCUT2D eigenvalue weighted by atomic mass is 16.3. The molecular formula is C17H25NO. The Hall–Kier alpha value is -1.02. The van der Waals surface area contributed by atoms with Crippen LogP contribution in [-0.4, -0.2) is 22.6 Å². The average molecular weight is 259 g/mol. The van der Waals surface area contributed by atoms with Crippen molar-refractivity contribution in [3.05, 3.63) is 29.3 Å². The van der Waals surface area contributed by atoms with Gasteiger partial charge in [0.05, 0.1) is 0 Å². The molecule has 104 valence electrons. The van der Waals surface area contributed by atoms with Crippen LogP contribution in [0.4, 0.5) is 0 Å². The number of aryl methyl sites for hydroxylation is 1. The summed E-state index contributed by atoms with van der Waals surface area (Å²) >= 11 is 0. The van der Waals surface area contributed by atoms with E-state index in [-0.39, 0.29) is 0 Å². The fourth-order valence-corrected chi connectivity index (χ4v) is 4.10. The number of benzene rings is 1. The van der Waals surface area contributed by atoms with Crippen molar-refractivity contribution in [1.29, 1.82) is 0 Å². The van der Waals surface area contributed by atoms with Crippen LogP contribution in [-0.2, 0) is 6.42 Å². The molecular weight excluding hydrogens is 234 g/mol. The second-order valence-corrected chi connectivity index (χ2v) is 6.69. The lowest BCUT2D eigenvalue weighted by Crippen LogP contribution is -2.47. The Morgan fingerprint density at radius 1 is 1.21 bits per heavy atom. The van der Waals surface area contributed by atoms with Crippen LogP contribution in [0, 0.1) is 11.8 Å². The average Bonchev–Trinajstić information content (AvgIpc) is 2.76. The number of phenolic OH excluding ortho intramolecular Hbond substituents is 1. The first-order valence-electron chi connectivity index (χ1n) is 7.63. The summed E-state index contributed by atoms with van der Waals surface area (Å²) in [7, 11) is 0. The van der Waals surface area contributed by atoms with Gasteiger partial charge in [0.15, 0.2) is 0 Å². The summed E-state index contributed by atoms with van der Waals surface area (Å²) < 4.78 is 0. The van der Waals surface area contributed by atoms with Gasteiger partial charge in [-0.3, -0.25) is 4.90 Å². The Balaban J connectivity index is 1.88. The van der Waals surface area contributed by atoms with Crippen LogP contribution in [0.3, 0.4) is 0 Å². The van der Waals surface area contributed by atoms with Crippen LogP contribution in [0.25, 0.3) is 0 Å². The third-order valence-electron chi connectivity index (χ3n) is 5.22. The van der Waals surface area contributed by atoms with E-state index in [1.807, 2.05) is 12.1 Å². The molecule has 1 heterocycles. The smallest absolute Gasteiger partial charge is 0.115 e. The molecule has 1 aliphatic heterocycles. The zero-order valence-corrected chi connectivity index (χ0v) is 12.3. The molecule has 19 heavy (non-hydrogen) atoms. The quantitative estimate of drug-likeness (QED) is 0.830. The second-order valence-electron chi connectivity index (χ2n) is 6.69. The van der Waals surface area contributed by atoms with E-state index in [0.717, 1.165) is 18.3 Å². The van der Waals surface area contributed by atoms with E-state index in [2.05, 4.69) is 31.7 Å². The van der Waals surface area contributed by atoms with Gasteiger partial charge in [-0.05, 0) is 61.3 Å². The minimum atomic E-state index is 0.410. The zero-order valence-electron chi connectivity index (χ0n) is 12.3. The first-order chi connectivity index (χ1) is 9.06. The molecule has 4 unspecified atom stereocenters. The topological polar surface area (TPSA) is 23.5 Å². The van der Waals surface area contributed by atoms with Gasteiger partial charge in [-0.2, -0.15) is 0 Å². The first kappa shape index (κ1) is 13.0. The zero-order chi connectivity index (χ0) is 13.6. The van der Waals surface area contributed by atoms with Gasteiger partial charge in [-0.25, -0.2) is 0 Å². The predicted molar refractivity (Wildman–Crippen MR) is 78.3 cm³/mol. The molecule has 1 fully saturated rings. The summed E-state index contributed by atoms with van der Waals surface area (Å²) in [5.41, 5.74) is 2.80. The molecule has 2 heteroatoms. The second kappa shape index (κ2) is 4.82. The van der Waals surface area contributed by atoms with Gasteiger partial charge in [0.25, 0.3) is 0 Å². The van der Waals surface area contributed by atoms with E-state index in [9.17, 15) is 5.11 Å². The molecule has 1 aromatic rings. The number of nitrogens with zero attached hydrogens (tertiary/aromatic N) is 1. The SMILES string of the molecule is CC1CC(C)C(C)N(C2CCc3cc(O)ccc32)C1. The molecule has 0 amide bonds. The molecule has 1 saturated heterocycles. The molecule has 0 bridgehead atoms. The third-order valence-corrected chi connectivity index (χ3v) is 5.22. The van der Waals surface area contributed by atoms with Gasteiger partial charge < -0.3 is 5.11 Å². The maximum absolute atomic E-state index is 9.62. The Bertz CT molecular complexity index is 470. The fourth-order valence-electron chi connectivity index (χ4n) is 4.10. The van der Waals surface area contributed by atoms with Gasteiger partial charge in [0.2, 0.25) is 0 Å². The normalized spacial score (nSPS) is 35.3. The largest absolute Gasteiger partial charge is 0.508 e. The number of hydrogen-bond donors (Lipinski definition) is 1. The molecule has 0 aromatic heterocycles. The van der Waals surface area contributed by atoms with Gasteiger partial charge in [0, 0.05) is 18.6 Å². The summed E-state index contributed by atoms with van der Waals surface area (Å²) in [6.07, 6.45) is 3.68. The molecule has 0 spiro atoms. The summed E-state index contributed by atoms with van der Waals surface area (Å²) in [6.45, 7) is 8.37. The van der Waals surface area contributed by atoms with Gasteiger partial charge in [0.1, 0.15) is 5.75 Å². The number of fused-ring (bicyclic) bond motifs is 1. The molecule has 3 rings (SSSR count). The van der Waals surface area contributed by atoms with E-state index in [0.29, 0.717) is 17.8 Å². The monoisotopic (exact) mass is 259 g/mol. The summed E-state index contributed by atoms with van der Waals surface area (Å²) in [5.74, 6) is 1.99. The van der Waals surface area contributed by atoms with Crippen molar-refractivity contribution in [3.8, 4) is 5.75 Å². The van der Waals surface area contributed by atoms with Gasteiger partial charge >= 0.3 is 0 Å². The van der Waals surface area contributed by atoms with Crippen molar-refractivity contribution in [3.63, 3.8) is 0 Å². The van der Waals surface area contributed by atoms with Crippen molar-refractivity contribution in [2.75, 3.05) is 6.54 Å². The van der Waals surface area contributed by atoms with Crippen molar-refractivity contribution < 1.29 is 5.11 Å². The van der Waals surface area contributed by atoms with Crippen molar-refractivity contribution >= 4 is 0 Å². The minimum absolute atomic E-state index is 0.410. The van der Waals surface area contributed by atoms with E-state index < -0.39 is 0 Å². The Morgan fingerprint density at radius 3 is 2.79 bits per heavy atom. The lowest BCUT2D eigenvalue weighted by molar-refractivity contribution is 0.0399. The lowest BCUT2D eigenvalue weighted by atomic mass is 9.84. The molecule has 1 N–H and O–H groups in total. The van der Waals surface area contributed by atoms with Crippen LogP contribution in [0.15, 0.2) is 18.2 Å². The highest BCUT2D eigenvalue weighted by Crippen LogP contribution is 2.41. The number of aromatic hydroxyl groups is 1. The van der Waals surface area contributed by atoms with E-state index in [1.54, 1.807) is 0 Å². The van der Waals surface area contributed by atoms with Crippen LogP contribution in [0.2, 0.25) is 0 Å². The summed E-state index contributed by atoms with van der Waals surface area (Å²) in [6, 6.07) is 7.17. The Kier molecular flexibility index (Phi) is 3.30. The molecule has 1 aliphatic carbocycles. The predicted octanol–water partition coefficient (Wildman–Crippen LogP) is 3.75. The van der Waals surface area contributed by atoms with Gasteiger partial charge in [-0.15, -0.1) is 0 Å². The number of likely N-dealkylation sites (tertiary alicyclic amines) is 1. The van der Waals surface area contributed by atoms with E-state index >= 15 is 0 Å². The summed E-state index contributed by atoms with van der Waals surface area (Å²) in [4.78, 5) is 2.71. The Labute approximate surface area is 116 Å². The van der Waals surface area contributed by atoms with Crippen LogP contribution in [0.1, 0.15) is 50.8 Å². The standard InChI is InChI=1S/C17H25NO/c1-11-8-12(2)13(3)18(10-11)17-7-4-14-9-15(19)5-6-16(14)17/h5-6,9,11-13,17,19H,4,7-8,10H2,1-3H3. The molecule has 0 radical (unpaired) electrons. The highest BCUT2D eigenvalue weighted by Gasteiger charge is 2.36. The molecule has 4 atom stereocenters. The van der Waals surface area contributed by atoms with Crippen LogP contribution >= 0.6 is 0 Å². The van der Waals surface area contributed by atoms with Crippen molar-refractivity contribution in [2.24, 2.45) is 11.8 Å². The fraction of sp³-hybridized carbons (Fsp3) is 0.647. The highest BCUT2D eigenvalue weighted by molar-refractivity contribution is 5.40. The number of piperidine rings is 1. The van der Waals surface area contributed by atoms with Gasteiger partial charge in [-0.1, -0.05) is 19.9 Å². The third kappa shape index (κ3) is 2.27. The first-order valence-corrected chi connectivity index (χ1v) is 7.63. The molecule has 0 saturated carbocycles. The number of rotatable bonds is 1. The lowest BCUT2D eigenvalue weighted by Gasteiger charge is -2.44. The van der Waals surface area contributed by atoms with Crippen molar-refractivity contribution in [2.45, 2.75) is 52.1 Å². The minimum Gasteiger partial charge on any atom is -0.508 e. The van der Waals surface area contributed by atoms with Crippen molar-refractivity contribution in [1.82, 2.24) is 4.90 Å². The van der Waals surface area contributed by atoms with Crippen LogP contribution in [0.5, 0.6) is 5.75 Å². The number of hydrogen-bond acceptors (Lipinski definition) is 2. The Morgan fingerprint density at radius 2 is 2.00 bits per heavy atom. The maximum Gasteiger partial charge on any atom is 0.115 e. The van der Waals surface area contributed by atoms with Crippen LogP contribution < -0.4 is 0 Å². The number of phenols is 1. The van der Waals surface area contributed by atoms with E-state index in [1.165, 1.54) is 30.5 Å². The summed E-state index contributed by atoms with van der Waals surface area (Å²) in [5, 5.41) is 9.62. The molecule has 1 aromatic carbocycles. The maximum atomic E-state index is 9.62. The molecule has 2 aliphatic rings. The van der Waals surface area contributed by atoms with E-state index in [4.69, 9.17) is 0 Å². The molecule has 2 nitrogen and oxygen atoms in total.